The first kappa shape index (κ1) is 12.4. The molecule has 0 fully saturated rings. The van der Waals surface area contributed by atoms with Gasteiger partial charge in [-0.05, 0) is 32.5 Å². The van der Waals surface area contributed by atoms with Crippen molar-refractivity contribution >= 4 is 0 Å². The molecule has 1 aliphatic heterocycles. The fourth-order valence-corrected chi connectivity index (χ4v) is 2.11. The van der Waals surface area contributed by atoms with Crippen LogP contribution in [0.1, 0.15) is 30.9 Å². The Morgan fingerprint density at radius 1 is 1.35 bits per heavy atom. The van der Waals surface area contributed by atoms with E-state index >= 15 is 0 Å². The highest BCUT2D eigenvalue weighted by molar-refractivity contribution is 5.36. The molecular formula is C14H21NO2. The molecule has 1 N–H and O–H groups in total. The van der Waals surface area contributed by atoms with Gasteiger partial charge in [-0.15, -0.1) is 0 Å². The van der Waals surface area contributed by atoms with Gasteiger partial charge < -0.3 is 14.8 Å². The zero-order valence-corrected chi connectivity index (χ0v) is 10.4. The normalized spacial score (nSPS) is 18.5. The predicted molar refractivity (Wildman–Crippen MR) is 68.4 cm³/mol. The maximum atomic E-state index is 5.95. The van der Waals surface area contributed by atoms with Crippen LogP contribution < -0.4 is 10.1 Å². The molecule has 1 atom stereocenters. The Morgan fingerprint density at radius 3 is 3.12 bits per heavy atom. The maximum Gasteiger partial charge on any atom is 0.125 e. The van der Waals surface area contributed by atoms with Crippen molar-refractivity contribution in [1.82, 2.24) is 5.32 Å². The van der Waals surface area contributed by atoms with Gasteiger partial charge in [0.2, 0.25) is 0 Å². The monoisotopic (exact) mass is 235 g/mol. The van der Waals surface area contributed by atoms with Crippen LogP contribution in [0.25, 0.3) is 0 Å². The number of benzene rings is 1. The summed E-state index contributed by atoms with van der Waals surface area (Å²) in [6.45, 7) is 2.66. The Bertz CT molecular complexity index is 341. The lowest BCUT2D eigenvalue weighted by Gasteiger charge is -2.26. The van der Waals surface area contributed by atoms with Crippen LogP contribution in [-0.4, -0.2) is 26.8 Å². The molecule has 1 heterocycles. The van der Waals surface area contributed by atoms with Gasteiger partial charge in [0.05, 0.1) is 12.7 Å². The van der Waals surface area contributed by atoms with Crippen molar-refractivity contribution in [1.29, 1.82) is 0 Å². The number of nitrogens with one attached hydrogen (secondary N) is 1. The summed E-state index contributed by atoms with van der Waals surface area (Å²) in [6, 6.07) is 8.18. The van der Waals surface area contributed by atoms with E-state index in [4.69, 9.17) is 9.47 Å². The lowest BCUT2D eigenvalue weighted by atomic mass is 10.0. The number of para-hydroxylation sites is 1. The van der Waals surface area contributed by atoms with E-state index < -0.39 is 0 Å². The van der Waals surface area contributed by atoms with E-state index in [1.54, 1.807) is 0 Å². The second-order valence-electron chi connectivity index (χ2n) is 4.35. The molecule has 3 heteroatoms. The number of fused-ring (bicyclic) bond motifs is 1. The van der Waals surface area contributed by atoms with Crippen LogP contribution in [0.5, 0.6) is 5.75 Å². The van der Waals surface area contributed by atoms with Crippen LogP contribution >= 0.6 is 0 Å². The Kier molecular flexibility index (Phi) is 4.83. The maximum absolute atomic E-state index is 5.95. The van der Waals surface area contributed by atoms with Gasteiger partial charge in [0.1, 0.15) is 5.75 Å². The van der Waals surface area contributed by atoms with Crippen LogP contribution in [0.4, 0.5) is 0 Å². The molecule has 1 aromatic rings. The first-order chi connectivity index (χ1) is 8.42. The second kappa shape index (κ2) is 6.62. The van der Waals surface area contributed by atoms with E-state index in [9.17, 15) is 0 Å². The number of hydrogen-bond donors (Lipinski definition) is 1. The summed E-state index contributed by atoms with van der Waals surface area (Å²) in [4.78, 5) is 0. The molecule has 0 saturated heterocycles. The summed E-state index contributed by atoms with van der Waals surface area (Å²) >= 11 is 0. The van der Waals surface area contributed by atoms with Gasteiger partial charge in [-0.1, -0.05) is 18.2 Å². The quantitative estimate of drug-likeness (QED) is 0.769. The zero-order chi connectivity index (χ0) is 11.9. The lowest BCUT2D eigenvalue weighted by molar-refractivity contribution is 0.0222. The van der Waals surface area contributed by atoms with Crippen LogP contribution in [0.3, 0.4) is 0 Å². The highest BCUT2D eigenvalue weighted by Gasteiger charge is 2.20. The molecule has 0 saturated carbocycles. The SMILES string of the molecule is CNCCCCOC1CCOc2ccccc21. The van der Waals surface area contributed by atoms with Gasteiger partial charge in [-0.2, -0.15) is 0 Å². The summed E-state index contributed by atoms with van der Waals surface area (Å²) in [7, 11) is 1.98. The van der Waals surface area contributed by atoms with Gasteiger partial charge in [-0.3, -0.25) is 0 Å². The van der Waals surface area contributed by atoms with Gasteiger partial charge in [-0.25, -0.2) is 0 Å². The van der Waals surface area contributed by atoms with E-state index in [1.807, 2.05) is 25.2 Å². The van der Waals surface area contributed by atoms with Gasteiger partial charge in [0.15, 0.2) is 0 Å². The van der Waals surface area contributed by atoms with Crippen molar-refractivity contribution in [3.63, 3.8) is 0 Å². The zero-order valence-electron chi connectivity index (χ0n) is 10.4. The van der Waals surface area contributed by atoms with Gasteiger partial charge in [0, 0.05) is 18.6 Å². The summed E-state index contributed by atoms with van der Waals surface area (Å²) in [6.07, 6.45) is 3.46. The van der Waals surface area contributed by atoms with E-state index in [-0.39, 0.29) is 6.10 Å². The number of rotatable bonds is 6. The van der Waals surface area contributed by atoms with Gasteiger partial charge in [0.25, 0.3) is 0 Å². The fourth-order valence-electron chi connectivity index (χ4n) is 2.11. The number of hydrogen-bond acceptors (Lipinski definition) is 3. The third-order valence-electron chi connectivity index (χ3n) is 3.04. The largest absolute Gasteiger partial charge is 0.493 e. The molecule has 0 amide bonds. The van der Waals surface area contributed by atoms with Crippen LogP contribution in [0.2, 0.25) is 0 Å². The predicted octanol–water partition coefficient (Wildman–Crippen LogP) is 2.53. The lowest BCUT2D eigenvalue weighted by Crippen LogP contribution is -2.17. The summed E-state index contributed by atoms with van der Waals surface area (Å²) in [5.74, 6) is 0.985. The average Bonchev–Trinajstić information content (AvgIpc) is 2.39. The van der Waals surface area contributed by atoms with Crippen LogP contribution in [-0.2, 0) is 4.74 Å². The number of ether oxygens (including phenoxy) is 2. The van der Waals surface area contributed by atoms with Crippen molar-refractivity contribution in [2.45, 2.75) is 25.4 Å². The third-order valence-corrected chi connectivity index (χ3v) is 3.04. The highest BCUT2D eigenvalue weighted by atomic mass is 16.5. The summed E-state index contributed by atoms with van der Waals surface area (Å²) < 4.78 is 11.6. The first-order valence-electron chi connectivity index (χ1n) is 6.40. The molecule has 0 spiro atoms. The molecule has 0 bridgehead atoms. The molecule has 0 aliphatic carbocycles. The molecule has 94 valence electrons. The Balaban J connectivity index is 1.82. The smallest absolute Gasteiger partial charge is 0.125 e. The van der Waals surface area contributed by atoms with Gasteiger partial charge >= 0.3 is 0 Å². The van der Waals surface area contributed by atoms with Crippen LogP contribution in [0.15, 0.2) is 24.3 Å². The minimum Gasteiger partial charge on any atom is -0.493 e. The Morgan fingerprint density at radius 2 is 2.24 bits per heavy atom. The van der Waals surface area contributed by atoms with E-state index in [1.165, 1.54) is 12.0 Å². The number of unbranched alkanes of at least 4 members (excludes halogenated alkanes) is 1. The van der Waals surface area contributed by atoms with Crippen molar-refractivity contribution in [2.24, 2.45) is 0 Å². The topological polar surface area (TPSA) is 30.5 Å². The Labute approximate surface area is 103 Å². The van der Waals surface area contributed by atoms with Crippen molar-refractivity contribution in [3.8, 4) is 5.75 Å². The molecule has 1 unspecified atom stereocenters. The Hall–Kier alpha value is -1.06. The molecular weight excluding hydrogens is 214 g/mol. The molecule has 0 aromatic heterocycles. The van der Waals surface area contributed by atoms with Crippen molar-refractivity contribution in [2.75, 3.05) is 26.8 Å². The van der Waals surface area contributed by atoms with E-state index in [0.29, 0.717) is 0 Å². The van der Waals surface area contributed by atoms with Crippen molar-refractivity contribution in [3.05, 3.63) is 29.8 Å². The first-order valence-corrected chi connectivity index (χ1v) is 6.40. The molecule has 17 heavy (non-hydrogen) atoms. The van der Waals surface area contributed by atoms with Crippen LogP contribution in [0, 0.1) is 0 Å². The van der Waals surface area contributed by atoms with E-state index in [2.05, 4.69) is 11.4 Å². The average molecular weight is 235 g/mol. The van der Waals surface area contributed by atoms with E-state index in [0.717, 1.165) is 38.3 Å². The third kappa shape index (κ3) is 3.45. The van der Waals surface area contributed by atoms with Crippen molar-refractivity contribution < 1.29 is 9.47 Å². The minimum atomic E-state index is 0.217. The summed E-state index contributed by atoms with van der Waals surface area (Å²) in [5.41, 5.74) is 1.20. The summed E-state index contributed by atoms with van der Waals surface area (Å²) in [5, 5.41) is 3.15. The molecule has 3 nitrogen and oxygen atoms in total. The molecule has 1 aliphatic rings. The minimum absolute atomic E-state index is 0.217. The molecule has 1 aromatic carbocycles. The second-order valence-corrected chi connectivity index (χ2v) is 4.35. The fraction of sp³-hybridized carbons (Fsp3) is 0.571. The molecule has 2 rings (SSSR count). The standard InChI is InChI=1S/C14H21NO2/c1-15-9-4-5-10-16-14-8-11-17-13-7-3-2-6-12(13)14/h2-3,6-7,14-15H,4-5,8-11H2,1H3. The molecule has 0 radical (unpaired) electrons. The highest BCUT2D eigenvalue weighted by Crippen LogP contribution is 2.33.